The molecule has 0 radical (unpaired) electrons. The Morgan fingerprint density at radius 2 is 1.90 bits per heavy atom. The molecule has 0 aromatic rings. The molecular weight excluding hydrogens is 380 g/mol. The quantitative estimate of drug-likeness (QED) is 0.471. The highest BCUT2D eigenvalue weighted by Gasteiger charge is 2.56. The van der Waals surface area contributed by atoms with E-state index in [1.165, 1.54) is 0 Å². The molecule has 2 fully saturated rings. The molecule has 0 bridgehead atoms. The van der Waals surface area contributed by atoms with E-state index in [1.54, 1.807) is 26.8 Å². The van der Waals surface area contributed by atoms with Crippen molar-refractivity contribution in [3.05, 3.63) is 23.8 Å². The van der Waals surface area contributed by atoms with Gasteiger partial charge in [0.2, 0.25) is 0 Å². The minimum absolute atomic E-state index is 0.00985. The summed E-state index contributed by atoms with van der Waals surface area (Å²) in [7, 11) is 0. The number of hydrogen-bond donors (Lipinski definition) is 3. The third-order valence-electron chi connectivity index (χ3n) is 8.33. The van der Waals surface area contributed by atoms with Gasteiger partial charge in [-0.15, -0.1) is 0 Å². The minimum Gasteiger partial charge on any atom is -0.389 e. The largest absolute Gasteiger partial charge is 0.389 e. The lowest BCUT2D eigenvalue weighted by molar-refractivity contribution is -0.121. The number of carbonyl (C=O) groups excluding carboxylic acids is 2. The molecule has 0 saturated heterocycles. The van der Waals surface area contributed by atoms with Gasteiger partial charge in [0.1, 0.15) is 18.2 Å². The van der Waals surface area contributed by atoms with E-state index in [9.17, 15) is 24.9 Å². The van der Waals surface area contributed by atoms with E-state index in [2.05, 4.69) is 13.8 Å². The maximum Gasteiger partial charge on any atom is 0.146 e. The van der Waals surface area contributed by atoms with Crippen LogP contribution in [0.3, 0.4) is 0 Å². The zero-order chi connectivity index (χ0) is 22.5. The number of aldehydes is 1. The Balaban J connectivity index is 1.89. The van der Waals surface area contributed by atoms with E-state index in [-0.39, 0.29) is 29.5 Å². The molecule has 0 amide bonds. The Labute approximate surface area is 180 Å². The number of carbonyl (C=O) groups is 2. The lowest BCUT2D eigenvalue weighted by Crippen LogP contribution is -2.40. The van der Waals surface area contributed by atoms with Crippen LogP contribution in [0.15, 0.2) is 23.8 Å². The molecule has 8 unspecified atom stereocenters. The van der Waals surface area contributed by atoms with Crippen LogP contribution in [0.5, 0.6) is 0 Å². The van der Waals surface area contributed by atoms with Gasteiger partial charge < -0.3 is 15.3 Å². The number of aliphatic hydroxyl groups excluding tert-OH is 1. The van der Waals surface area contributed by atoms with Crippen molar-refractivity contribution in [2.75, 3.05) is 0 Å². The summed E-state index contributed by atoms with van der Waals surface area (Å²) in [6.07, 6.45) is 9.19. The Morgan fingerprint density at radius 3 is 2.50 bits per heavy atom. The highest BCUT2D eigenvalue weighted by atomic mass is 16.3. The van der Waals surface area contributed by atoms with Crippen molar-refractivity contribution < 1.29 is 24.9 Å². The lowest BCUT2D eigenvalue weighted by atomic mass is 9.63. The van der Waals surface area contributed by atoms with Crippen molar-refractivity contribution >= 4 is 12.1 Å². The molecule has 3 N–H and O–H groups in total. The van der Waals surface area contributed by atoms with Gasteiger partial charge in [-0.25, -0.2) is 0 Å². The highest BCUT2D eigenvalue weighted by Crippen LogP contribution is 2.59. The third kappa shape index (κ3) is 4.21. The summed E-state index contributed by atoms with van der Waals surface area (Å²) in [5, 5.41) is 31.1. The second kappa shape index (κ2) is 7.99. The Hall–Kier alpha value is -1.30. The first-order valence-electron chi connectivity index (χ1n) is 11.3. The van der Waals surface area contributed by atoms with Gasteiger partial charge in [0.15, 0.2) is 0 Å². The molecule has 3 rings (SSSR count). The van der Waals surface area contributed by atoms with E-state index >= 15 is 0 Å². The molecule has 0 heterocycles. The van der Waals surface area contributed by atoms with Crippen molar-refractivity contribution in [1.82, 2.24) is 0 Å². The standard InChI is InChI=1S/C25H38O5/c1-15(6-9-21(28)23(2,3)29)17-10-11-24(4)12-19-22(20(27)13-25(19,5)30)16(14-26)7-8-18(17)24/h6-7,9,14-15,17-19,21-22,28-30H,8,10-13H2,1-5H3. The van der Waals surface area contributed by atoms with Gasteiger partial charge in [-0.3, -0.25) is 9.59 Å². The molecule has 3 aliphatic rings. The molecule has 5 nitrogen and oxygen atoms in total. The number of rotatable bonds is 5. The van der Waals surface area contributed by atoms with Crippen LogP contribution < -0.4 is 0 Å². The number of fused-ring (bicyclic) bond motifs is 2. The molecule has 0 aromatic carbocycles. The first-order valence-corrected chi connectivity index (χ1v) is 11.3. The van der Waals surface area contributed by atoms with Gasteiger partial charge in [0.05, 0.1) is 17.1 Å². The second-order valence-corrected chi connectivity index (χ2v) is 11.2. The number of Topliss-reactive ketones (excluding diaryl/α,β-unsaturated/α-hetero) is 1. The highest BCUT2D eigenvalue weighted by molar-refractivity contribution is 5.94. The fourth-order valence-corrected chi connectivity index (χ4v) is 6.35. The van der Waals surface area contributed by atoms with Crippen molar-refractivity contribution in [1.29, 1.82) is 0 Å². The lowest BCUT2D eigenvalue weighted by Gasteiger charge is -2.42. The summed E-state index contributed by atoms with van der Waals surface area (Å²) >= 11 is 0. The van der Waals surface area contributed by atoms with Gasteiger partial charge in [-0.1, -0.05) is 32.1 Å². The van der Waals surface area contributed by atoms with E-state index in [4.69, 9.17) is 0 Å². The van der Waals surface area contributed by atoms with Crippen LogP contribution in [0.4, 0.5) is 0 Å². The number of hydrogen-bond acceptors (Lipinski definition) is 5. The van der Waals surface area contributed by atoms with E-state index < -0.39 is 23.2 Å². The van der Waals surface area contributed by atoms with Crippen molar-refractivity contribution in [2.45, 2.75) is 84.0 Å². The molecule has 3 aliphatic carbocycles. The summed E-state index contributed by atoms with van der Waals surface area (Å²) in [5.41, 5.74) is -1.73. The SMILES string of the molecule is CC(C=CC(O)C(C)(C)O)C1CCC2(C)CC3C(C(=O)CC3(C)O)C(C=O)=CCC12. The molecule has 2 saturated carbocycles. The summed E-state index contributed by atoms with van der Waals surface area (Å²) in [5.74, 6) is 0.200. The summed E-state index contributed by atoms with van der Waals surface area (Å²) in [6.45, 7) is 9.34. The summed E-state index contributed by atoms with van der Waals surface area (Å²) in [6, 6.07) is 0. The first kappa shape index (κ1) is 23.4. The van der Waals surface area contributed by atoms with Crippen LogP contribution >= 0.6 is 0 Å². The minimum atomic E-state index is -1.18. The average molecular weight is 419 g/mol. The van der Waals surface area contributed by atoms with Crippen LogP contribution in [-0.2, 0) is 9.59 Å². The Morgan fingerprint density at radius 1 is 1.23 bits per heavy atom. The molecule has 30 heavy (non-hydrogen) atoms. The maximum absolute atomic E-state index is 12.6. The van der Waals surface area contributed by atoms with Gasteiger partial charge >= 0.3 is 0 Å². The average Bonchev–Trinajstić information content (AvgIpc) is 3.04. The fraction of sp³-hybridized carbons (Fsp3) is 0.760. The van der Waals surface area contributed by atoms with Gasteiger partial charge in [0, 0.05) is 12.3 Å². The molecule has 0 aliphatic heterocycles. The number of allylic oxidation sites excluding steroid dienone is 3. The normalized spacial score (nSPS) is 41.6. The molecular formula is C25H38O5. The summed E-state index contributed by atoms with van der Waals surface area (Å²) in [4.78, 5) is 24.5. The third-order valence-corrected chi connectivity index (χ3v) is 8.33. The number of ketones is 1. The van der Waals surface area contributed by atoms with Crippen molar-refractivity contribution in [2.24, 2.45) is 35.0 Å². The van der Waals surface area contributed by atoms with E-state index in [0.29, 0.717) is 17.4 Å². The fourth-order valence-electron chi connectivity index (χ4n) is 6.35. The van der Waals surface area contributed by atoms with Crippen molar-refractivity contribution in [3.8, 4) is 0 Å². The zero-order valence-electron chi connectivity index (χ0n) is 19.0. The zero-order valence-corrected chi connectivity index (χ0v) is 19.0. The number of aliphatic hydroxyl groups is 3. The molecule has 0 spiro atoms. The molecule has 0 aromatic heterocycles. The van der Waals surface area contributed by atoms with Crippen LogP contribution in [0.25, 0.3) is 0 Å². The van der Waals surface area contributed by atoms with E-state index in [1.807, 2.05) is 12.2 Å². The van der Waals surface area contributed by atoms with Gasteiger partial charge in [0.25, 0.3) is 0 Å². The topological polar surface area (TPSA) is 94.8 Å². The van der Waals surface area contributed by atoms with Crippen LogP contribution in [0.1, 0.15) is 66.7 Å². The van der Waals surface area contributed by atoms with Gasteiger partial charge in [-0.05, 0) is 75.2 Å². The predicted molar refractivity (Wildman–Crippen MR) is 116 cm³/mol. The second-order valence-electron chi connectivity index (χ2n) is 11.2. The van der Waals surface area contributed by atoms with Gasteiger partial charge in [-0.2, -0.15) is 0 Å². The molecule has 5 heteroatoms. The van der Waals surface area contributed by atoms with Crippen molar-refractivity contribution in [3.63, 3.8) is 0 Å². The smallest absolute Gasteiger partial charge is 0.146 e. The van der Waals surface area contributed by atoms with Crippen LogP contribution in [0.2, 0.25) is 0 Å². The maximum atomic E-state index is 12.6. The monoisotopic (exact) mass is 418 g/mol. The Bertz CT molecular complexity index is 743. The molecule has 168 valence electrons. The first-order chi connectivity index (χ1) is 13.8. The van der Waals surface area contributed by atoms with Crippen LogP contribution in [0, 0.1) is 35.0 Å². The Kier molecular flexibility index (Phi) is 6.23. The van der Waals surface area contributed by atoms with Crippen LogP contribution in [-0.4, -0.2) is 44.7 Å². The predicted octanol–water partition coefficient (Wildman–Crippen LogP) is 3.22. The summed E-state index contributed by atoms with van der Waals surface area (Å²) < 4.78 is 0. The molecule has 8 atom stereocenters. The van der Waals surface area contributed by atoms with E-state index in [0.717, 1.165) is 32.0 Å².